The summed E-state index contributed by atoms with van der Waals surface area (Å²) in [5.41, 5.74) is 0. The third-order valence-corrected chi connectivity index (χ3v) is 3.66. The highest BCUT2D eigenvalue weighted by Gasteiger charge is 2.24. The van der Waals surface area contributed by atoms with Gasteiger partial charge in [-0.15, -0.1) is 0 Å². The van der Waals surface area contributed by atoms with Crippen LogP contribution in [-0.2, 0) is 4.79 Å². The number of amides is 1. The predicted molar refractivity (Wildman–Crippen MR) is 65.1 cm³/mol. The lowest BCUT2D eigenvalue weighted by Gasteiger charge is -2.29. The van der Waals surface area contributed by atoms with Gasteiger partial charge in [0, 0.05) is 19.5 Å². The lowest BCUT2D eigenvalue weighted by molar-refractivity contribution is -0.134. The molecule has 0 saturated carbocycles. The largest absolute Gasteiger partial charge is 0.345 e. The van der Waals surface area contributed by atoms with Gasteiger partial charge in [0.1, 0.15) is 0 Å². The van der Waals surface area contributed by atoms with Crippen molar-refractivity contribution in [2.75, 3.05) is 26.7 Å². The lowest BCUT2D eigenvalue weighted by atomic mass is 9.98. The molecule has 1 amide bonds. The van der Waals surface area contributed by atoms with E-state index in [9.17, 15) is 4.79 Å². The van der Waals surface area contributed by atoms with Crippen molar-refractivity contribution in [2.24, 2.45) is 11.8 Å². The van der Waals surface area contributed by atoms with E-state index in [1.54, 1.807) is 0 Å². The summed E-state index contributed by atoms with van der Waals surface area (Å²) in [6, 6.07) is 0. The molecule has 1 saturated heterocycles. The topological polar surface area (TPSA) is 32.3 Å². The molecule has 0 spiro atoms. The summed E-state index contributed by atoms with van der Waals surface area (Å²) in [4.78, 5) is 14.0. The van der Waals surface area contributed by atoms with Gasteiger partial charge >= 0.3 is 0 Å². The van der Waals surface area contributed by atoms with Crippen molar-refractivity contribution >= 4 is 5.91 Å². The number of nitrogens with zero attached hydrogens (tertiary/aromatic N) is 1. The van der Waals surface area contributed by atoms with Gasteiger partial charge < -0.3 is 10.2 Å². The molecule has 1 heterocycles. The van der Waals surface area contributed by atoms with Gasteiger partial charge in [-0.2, -0.15) is 0 Å². The van der Waals surface area contributed by atoms with Gasteiger partial charge in [-0.3, -0.25) is 4.79 Å². The van der Waals surface area contributed by atoms with Crippen LogP contribution < -0.4 is 5.32 Å². The Morgan fingerprint density at radius 3 is 2.81 bits per heavy atom. The van der Waals surface area contributed by atoms with Crippen LogP contribution in [0.3, 0.4) is 0 Å². The Kier molecular flexibility index (Phi) is 3.99. The summed E-state index contributed by atoms with van der Waals surface area (Å²) in [5.74, 6) is 1.20. The van der Waals surface area contributed by atoms with Crippen molar-refractivity contribution < 1.29 is 4.79 Å². The van der Waals surface area contributed by atoms with Crippen molar-refractivity contribution in [3.63, 3.8) is 0 Å². The number of hydrogen-bond acceptors (Lipinski definition) is 2. The van der Waals surface area contributed by atoms with E-state index in [1.807, 2.05) is 11.9 Å². The predicted octanol–water partition coefficient (Wildman–Crippen LogP) is 1.41. The minimum atomic E-state index is 0.224. The fourth-order valence-corrected chi connectivity index (χ4v) is 2.69. The van der Waals surface area contributed by atoms with Crippen LogP contribution in [-0.4, -0.2) is 37.5 Å². The Hall–Kier alpha value is -0.830. The molecule has 90 valence electrons. The van der Waals surface area contributed by atoms with Gasteiger partial charge in [-0.1, -0.05) is 12.2 Å². The normalized spacial score (nSPS) is 25.9. The third kappa shape index (κ3) is 2.85. The van der Waals surface area contributed by atoms with Crippen molar-refractivity contribution in [2.45, 2.75) is 25.7 Å². The first-order valence-corrected chi connectivity index (χ1v) is 6.38. The van der Waals surface area contributed by atoms with Crippen molar-refractivity contribution in [1.82, 2.24) is 10.2 Å². The van der Waals surface area contributed by atoms with Crippen LogP contribution in [0.4, 0.5) is 0 Å². The van der Waals surface area contributed by atoms with E-state index in [-0.39, 0.29) is 5.92 Å². The molecular formula is C13H22N2O. The molecule has 3 heteroatoms. The summed E-state index contributed by atoms with van der Waals surface area (Å²) in [5, 5.41) is 3.40. The summed E-state index contributed by atoms with van der Waals surface area (Å²) < 4.78 is 0. The van der Waals surface area contributed by atoms with Crippen LogP contribution in [0.25, 0.3) is 0 Å². The van der Waals surface area contributed by atoms with Crippen LogP contribution in [0.2, 0.25) is 0 Å². The average Bonchev–Trinajstić information content (AvgIpc) is 2.83. The molecule has 0 aromatic heterocycles. The molecule has 1 unspecified atom stereocenters. The highest BCUT2D eigenvalue weighted by Crippen LogP contribution is 2.21. The van der Waals surface area contributed by atoms with E-state index in [4.69, 9.17) is 0 Å². The second-order valence-corrected chi connectivity index (χ2v) is 5.07. The van der Waals surface area contributed by atoms with Crippen LogP contribution >= 0.6 is 0 Å². The molecule has 1 aliphatic carbocycles. The average molecular weight is 222 g/mol. The molecule has 1 aliphatic heterocycles. The lowest BCUT2D eigenvalue weighted by Crippen LogP contribution is -2.40. The third-order valence-electron chi connectivity index (χ3n) is 3.66. The highest BCUT2D eigenvalue weighted by molar-refractivity contribution is 5.79. The van der Waals surface area contributed by atoms with Gasteiger partial charge in [0.15, 0.2) is 0 Å². The van der Waals surface area contributed by atoms with Crippen LogP contribution in [0.1, 0.15) is 25.7 Å². The maximum absolute atomic E-state index is 12.1. The highest BCUT2D eigenvalue weighted by atomic mass is 16.2. The van der Waals surface area contributed by atoms with Crippen molar-refractivity contribution in [3.05, 3.63) is 12.2 Å². The molecule has 0 aromatic carbocycles. The quantitative estimate of drug-likeness (QED) is 0.732. The van der Waals surface area contributed by atoms with Crippen LogP contribution in [0.5, 0.6) is 0 Å². The Bertz CT molecular complexity index is 261. The molecule has 0 radical (unpaired) electrons. The van der Waals surface area contributed by atoms with Crippen molar-refractivity contribution in [1.29, 1.82) is 0 Å². The Morgan fingerprint density at radius 1 is 1.44 bits per heavy atom. The van der Waals surface area contributed by atoms with Gasteiger partial charge in [0.2, 0.25) is 5.91 Å². The minimum absolute atomic E-state index is 0.224. The summed E-state index contributed by atoms with van der Waals surface area (Å²) in [6.45, 7) is 3.13. The number of rotatable bonds is 3. The molecule has 1 fully saturated rings. The standard InChI is InChI=1S/C13H22N2O/c1-15(10-11-5-4-8-14-9-11)13(16)12-6-2-3-7-12/h2-3,11-12,14H,4-10H2,1H3. The van der Waals surface area contributed by atoms with E-state index < -0.39 is 0 Å². The first-order chi connectivity index (χ1) is 7.77. The fourth-order valence-electron chi connectivity index (χ4n) is 2.69. The SMILES string of the molecule is CN(CC1CCCNC1)C(=O)C1CC=CC1. The number of carbonyl (C=O) groups is 1. The van der Waals surface area contributed by atoms with E-state index in [0.29, 0.717) is 11.8 Å². The molecule has 1 N–H and O–H groups in total. The number of piperidine rings is 1. The second-order valence-electron chi connectivity index (χ2n) is 5.07. The monoisotopic (exact) mass is 222 g/mol. The maximum atomic E-state index is 12.1. The van der Waals surface area contributed by atoms with Crippen LogP contribution in [0, 0.1) is 11.8 Å². The molecule has 3 nitrogen and oxygen atoms in total. The molecule has 1 atom stereocenters. The molecule has 2 aliphatic rings. The summed E-state index contributed by atoms with van der Waals surface area (Å²) in [6.07, 6.45) is 8.63. The van der Waals surface area contributed by atoms with Gasteiger partial charge in [-0.25, -0.2) is 0 Å². The first kappa shape index (κ1) is 11.6. The van der Waals surface area contributed by atoms with Gasteiger partial charge in [-0.05, 0) is 44.7 Å². The summed E-state index contributed by atoms with van der Waals surface area (Å²) >= 11 is 0. The van der Waals surface area contributed by atoms with E-state index in [0.717, 1.165) is 32.5 Å². The Labute approximate surface area is 97.9 Å². The van der Waals surface area contributed by atoms with E-state index >= 15 is 0 Å². The zero-order chi connectivity index (χ0) is 11.4. The van der Waals surface area contributed by atoms with Crippen molar-refractivity contribution in [3.8, 4) is 0 Å². The maximum Gasteiger partial charge on any atom is 0.226 e. The first-order valence-electron chi connectivity index (χ1n) is 6.38. The van der Waals surface area contributed by atoms with Crippen LogP contribution in [0.15, 0.2) is 12.2 Å². The number of allylic oxidation sites excluding steroid dienone is 2. The second kappa shape index (κ2) is 5.48. The van der Waals surface area contributed by atoms with E-state index in [1.165, 1.54) is 12.8 Å². The van der Waals surface area contributed by atoms with Gasteiger partial charge in [0.05, 0.1) is 0 Å². The Morgan fingerprint density at radius 2 is 2.19 bits per heavy atom. The molecule has 0 aromatic rings. The smallest absolute Gasteiger partial charge is 0.226 e. The minimum Gasteiger partial charge on any atom is -0.345 e. The zero-order valence-corrected chi connectivity index (χ0v) is 10.1. The van der Waals surface area contributed by atoms with E-state index in [2.05, 4.69) is 17.5 Å². The fraction of sp³-hybridized carbons (Fsp3) is 0.769. The summed E-state index contributed by atoms with van der Waals surface area (Å²) in [7, 11) is 1.95. The molecule has 2 rings (SSSR count). The zero-order valence-electron chi connectivity index (χ0n) is 10.1. The number of nitrogens with one attached hydrogen (secondary N) is 1. The number of carbonyl (C=O) groups excluding carboxylic acids is 1. The molecule has 16 heavy (non-hydrogen) atoms. The molecular weight excluding hydrogens is 200 g/mol. The Balaban J connectivity index is 1.77. The molecule has 0 bridgehead atoms. The number of hydrogen-bond donors (Lipinski definition) is 1. The van der Waals surface area contributed by atoms with Gasteiger partial charge in [0.25, 0.3) is 0 Å².